The Morgan fingerprint density at radius 2 is 2.08 bits per heavy atom. The summed E-state index contributed by atoms with van der Waals surface area (Å²) in [5, 5.41) is 0. The third-order valence-electron chi connectivity index (χ3n) is 1.35. The largest absolute Gasteiger partial charge is 0.434 e. The van der Waals surface area contributed by atoms with Crippen molar-refractivity contribution in [1.29, 1.82) is 0 Å². The lowest BCUT2D eigenvalue weighted by molar-refractivity contribution is -0.0519. The monoisotopic (exact) mass is 208 g/mol. The molecule has 0 aromatic heterocycles. The number of ether oxygens (including phenoxy) is 1. The van der Waals surface area contributed by atoms with E-state index in [1.165, 1.54) is 18.2 Å². The summed E-state index contributed by atoms with van der Waals surface area (Å²) < 4.78 is 40.7. The van der Waals surface area contributed by atoms with Crippen LogP contribution in [-0.4, -0.2) is 12.9 Å². The third-order valence-corrected chi connectivity index (χ3v) is 2.16. The molecule has 0 spiro atoms. The van der Waals surface area contributed by atoms with E-state index in [2.05, 4.69) is 4.74 Å². The quantitative estimate of drug-likeness (QED) is 0.705. The molecule has 0 atom stereocenters. The van der Waals surface area contributed by atoms with E-state index in [0.29, 0.717) is 0 Å². The minimum Gasteiger partial charge on any atom is -0.434 e. The van der Waals surface area contributed by atoms with Gasteiger partial charge < -0.3 is 4.74 Å². The van der Waals surface area contributed by atoms with Gasteiger partial charge in [-0.2, -0.15) is 8.78 Å². The molecule has 0 heterocycles. The van der Waals surface area contributed by atoms with Crippen LogP contribution in [0.4, 0.5) is 13.2 Å². The Kier molecular flexibility index (Phi) is 3.48. The summed E-state index contributed by atoms with van der Waals surface area (Å²) in [6.07, 6.45) is 1.59. The number of hydrogen-bond donors (Lipinski definition) is 0. The lowest BCUT2D eigenvalue weighted by atomic mass is 10.3. The van der Waals surface area contributed by atoms with Crippen LogP contribution >= 0.6 is 11.8 Å². The van der Waals surface area contributed by atoms with Gasteiger partial charge in [-0.1, -0.05) is 6.07 Å². The fraction of sp³-hybridized carbons (Fsp3) is 0.250. The van der Waals surface area contributed by atoms with Gasteiger partial charge in [0.05, 0.1) is 4.90 Å². The van der Waals surface area contributed by atoms with E-state index in [1.54, 1.807) is 6.26 Å². The first-order valence-corrected chi connectivity index (χ1v) is 4.65. The van der Waals surface area contributed by atoms with Gasteiger partial charge in [0, 0.05) is 0 Å². The zero-order valence-electron chi connectivity index (χ0n) is 6.76. The van der Waals surface area contributed by atoms with E-state index >= 15 is 0 Å². The summed E-state index contributed by atoms with van der Waals surface area (Å²) >= 11 is 1.03. The summed E-state index contributed by atoms with van der Waals surface area (Å²) in [5.74, 6) is -0.673. The Hall–Kier alpha value is -0.840. The van der Waals surface area contributed by atoms with Gasteiger partial charge in [-0.15, -0.1) is 11.8 Å². The lowest BCUT2D eigenvalue weighted by Crippen LogP contribution is -2.03. The molecule has 72 valence electrons. The molecule has 0 aliphatic carbocycles. The molecule has 5 heteroatoms. The van der Waals surface area contributed by atoms with Crippen LogP contribution in [0.25, 0.3) is 0 Å². The molecule has 13 heavy (non-hydrogen) atoms. The second kappa shape index (κ2) is 4.41. The number of halogens is 3. The maximum atomic E-state index is 13.0. The zero-order chi connectivity index (χ0) is 9.84. The van der Waals surface area contributed by atoms with Crippen molar-refractivity contribution in [3.63, 3.8) is 0 Å². The Morgan fingerprint density at radius 1 is 1.38 bits per heavy atom. The summed E-state index contributed by atoms with van der Waals surface area (Å²) in [5.41, 5.74) is 0. The number of alkyl halides is 2. The first kappa shape index (κ1) is 10.2. The van der Waals surface area contributed by atoms with Crippen LogP contribution in [0.1, 0.15) is 0 Å². The van der Waals surface area contributed by atoms with Gasteiger partial charge in [0.2, 0.25) is 0 Å². The van der Waals surface area contributed by atoms with Crippen molar-refractivity contribution in [2.24, 2.45) is 0 Å². The van der Waals surface area contributed by atoms with Crippen molar-refractivity contribution in [3.05, 3.63) is 24.0 Å². The Labute approximate surface area is 77.9 Å². The fourth-order valence-corrected chi connectivity index (χ4v) is 1.46. The Balaban J connectivity index is 2.98. The number of benzene rings is 1. The molecule has 1 aromatic rings. The minimum atomic E-state index is -2.92. The summed E-state index contributed by atoms with van der Waals surface area (Å²) in [4.78, 5) is 0.0998. The van der Waals surface area contributed by atoms with Gasteiger partial charge in [-0.25, -0.2) is 4.39 Å². The van der Waals surface area contributed by atoms with Crippen LogP contribution in [0.15, 0.2) is 23.1 Å². The van der Waals surface area contributed by atoms with Crippen LogP contribution < -0.4 is 4.74 Å². The van der Waals surface area contributed by atoms with Crippen LogP contribution in [0.3, 0.4) is 0 Å². The number of thioether (sulfide) groups is 1. The van der Waals surface area contributed by atoms with Gasteiger partial charge in [-0.3, -0.25) is 0 Å². The topological polar surface area (TPSA) is 9.23 Å². The van der Waals surface area contributed by atoms with Crippen LogP contribution in [-0.2, 0) is 0 Å². The molecular formula is C8H7F3OS. The van der Waals surface area contributed by atoms with Crippen molar-refractivity contribution in [3.8, 4) is 5.75 Å². The van der Waals surface area contributed by atoms with Gasteiger partial charge in [0.15, 0.2) is 0 Å². The van der Waals surface area contributed by atoms with Crippen LogP contribution in [0, 0.1) is 5.82 Å². The second-order valence-corrected chi connectivity index (χ2v) is 2.97. The SMILES string of the molecule is CSc1c(F)cccc1OC(F)F. The summed E-state index contributed by atoms with van der Waals surface area (Å²) in [7, 11) is 0. The molecule has 0 radical (unpaired) electrons. The normalized spacial score (nSPS) is 10.5. The van der Waals surface area contributed by atoms with Crippen molar-refractivity contribution >= 4 is 11.8 Å². The van der Waals surface area contributed by atoms with E-state index in [4.69, 9.17) is 0 Å². The highest BCUT2D eigenvalue weighted by atomic mass is 32.2. The smallest absolute Gasteiger partial charge is 0.387 e. The standard InChI is InChI=1S/C8H7F3OS/c1-13-7-5(9)3-2-4-6(7)12-8(10)11/h2-4,8H,1H3. The predicted molar refractivity (Wildman–Crippen MR) is 44.8 cm³/mol. The van der Waals surface area contributed by atoms with Gasteiger partial charge >= 0.3 is 6.61 Å². The first-order valence-electron chi connectivity index (χ1n) is 3.42. The van der Waals surface area contributed by atoms with Crippen LogP contribution in [0.5, 0.6) is 5.75 Å². The Bertz CT molecular complexity index is 291. The molecule has 0 saturated heterocycles. The number of rotatable bonds is 3. The highest BCUT2D eigenvalue weighted by Gasteiger charge is 2.12. The van der Waals surface area contributed by atoms with E-state index in [-0.39, 0.29) is 10.6 Å². The van der Waals surface area contributed by atoms with Crippen molar-refractivity contribution < 1.29 is 17.9 Å². The fourth-order valence-electron chi connectivity index (χ4n) is 0.876. The summed E-state index contributed by atoms with van der Waals surface area (Å²) in [6, 6.07) is 3.83. The van der Waals surface area contributed by atoms with Crippen molar-refractivity contribution in [2.45, 2.75) is 11.5 Å². The van der Waals surface area contributed by atoms with Crippen molar-refractivity contribution in [1.82, 2.24) is 0 Å². The average Bonchev–Trinajstić information content (AvgIpc) is 2.03. The first-order chi connectivity index (χ1) is 6.15. The van der Waals surface area contributed by atoms with Gasteiger partial charge in [0.1, 0.15) is 11.6 Å². The van der Waals surface area contributed by atoms with E-state index < -0.39 is 12.4 Å². The Morgan fingerprint density at radius 3 is 2.62 bits per heavy atom. The molecule has 0 saturated carbocycles. The van der Waals surface area contributed by atoms with Crippen molar-refractivity contribution in [2.75, 3.05) is 6.26 Å². The molecule has 0 fully saturated rings. The maximum absolute atomic E-state index is 13.0. The average molecular weight is 208 g/mol. The molecule has 0 amide bonds. The molecule has 1 aromatic carbocycles. The molecule has 1 nitrogen and oxygen atoms in total. The maximum Gasteiger partial charge on any atom is 0.387 e. The second-order valence-electron chi connectivity index (χ2n) is 2.15. The molecule has 0 N–H and O–H groups in total. The predicted octanol–water partition coefficient (Wildman–Crippen LogP) is 3.15. The van der Waals surface area contributed by atoms with Gasteiger partial charge in [0.25, 0.3) is 0 Å². The zero-order valence-corrected chi connectivity index (χ0v) is 7.58. The van der Waals surface area contributed by atoms with E-state index in [1.807, 2.05) is 0 Å². The lowest BCUT2D eigenvalue weighted by Gasteiger charge is -2.08. The molecule has 0 aliphatic rings. The van der Waals surface area contributed by atoms with Gasteiger partial charge in [-0.05, 0) is 18.4 Å². The molecule has 0 aliphatic heterocycles. The summed E-state index contributed by atoms with van der Waals surface area (Å²) in [6.45, 7) is -2.92. The van der Waals surface area contributed by atoms with E-state index in [9.17, 15) is 13.2 Å². The number of hydrogen-bond acceptors (Lipinski definition) is 2. The molecule has 1 rings (SSSR count). The highest BCUT2D eigenvalue weighted by Crippen LogP contribution is 2.30. The third kappa shape index (κ3) is 2.55. The van der Waals surface area contributed by atoms with Crippen LogP contribution in [0.2, 0.25) is 0 Å². The van der Waals surface area contributed by atoms with E-state index in [0.717, 1.165) is 11.8 Å². The molecule has 0 bridgehead atoms. The highest BCUT2D eigenvalue weighted by molar-refractivity contribution is 7.98. The minimum absolute atomic E-state index is 0.0998. The molecule has 0 unspecified atom stereocenters. The molecular weight excluding hydrogens is 201 g/mol.